The largest absolute Gasteiger partial charge is 0.431 e. The molecule has 0 atom stereocenters. The van der Waals surface area contributed by atoms with Gasteiger partial charge in [0, 0.05) is 0 Å². The molecule has 0 aliphatic carbocycles. The van der Waals surface area contributed by atoms with Gasteiger partial charge in [-0.15, -0.1) is 0 Å². The van der Waals surface area contributed by atoms with E-state index in [-0.39, 0.29) is 0 Å². The molecule has 0 bridgehead atoms. The monoisotopic (exact) mass is 148 g/mol. The van der Waals surface area contributed by atoms with E-state index in [0.29, 0.717) is 0 Å². The molecule has 0 aromatic heterocycles. The van der Waals surface area contributed by atoms with Gasteiger partial charge in [-0.2, -0.15) is 0 Å². The van der Waals surface area contributed by atoms with Crippen LogP contribution in [0.15, 0.2) is 0 Å². The molecule has 0 heterocycles. The highest BCUT2D eigenvalue weighted by atomic mass is 28.2. The lowest BCUT2D eigenvalue weighted by molar-refractivity contribution is -0.0726. The number of rotatable bonds is 2. The Labute approximate surface area is 45.3 Å². The van der Waals surface area contributed by atoms with Crippen molar-refractivity contribution in [3.8, 4) is 0 Å². The van der Waals surface area contributed by atoms with Gasteiger partial charge in [0.25, 0.3) is 6.43 Å². The molecule has 0 aromatic rings. The molecule has 6 heteroatoms. The first-order valence-corrected chi connectivity index (χ1v) is 3.11. The molecule has 50 valence electrons. The fourth-order valence-corrected chi connectivity index (χ4v) is 0.207. The standard InChI is InChI=1S/C2H4F4OSi/c3-1(4)2(5,6)8-7/h1,7H,8H2. The highest BCUT2D eigenvalue weighted by molar-refractivity contribution is 6.29. The smallest absolute Gasteiger partial charge is 0.308 e. The van der Waals surface area contributed by atoms with Crippen molar-refractivity contribution < 1.29 is 22.4 Å². The molecule has 0 saturated heterocycles. The van der Waals surface area contributed by atoms with Crippen LogP contribution < -0.4 is 0 Å². The summed E-state index contributed by atoms with van der Waals surface area (Å²) in [5.41, 5.74) is -4.10. The molecular weight excluding hydrogens is 144 g/mol. The molecule has 1 nitrogen and oxygen atoms in total. The summed E-state index contributed by atoms with van der Waals surface area (Å²) in [4.78, 5) is 7.67. The maximum atomic E-state index is 11.3. The lowest BCUT2D eigenvalue weighted by atomic mass is 10.7. The minimum atomic E-state index is -4.10. The van der Waals surface area contributed by atoms with Crippen LogP contribution in [0.25, 0.3) is 0 Å². The Morgan fingerprint density at radius 2 is 1.75 bits per heavy atom. The van der Waals surface area contributed by atoms with Crippen LogP contribution in [0.5, 0.6) is 0 Å². The van der Waals surface area contributed by atoms with Crippen LogP contribution in [0.2, 0.25) is 0 Å². The van der Waals surface area contributed by atoms with E-state index in [2.05, 4.69) is 0 Å². The Hall–Kier alpha value is -0.103. The van der Waals surface area contributed by atoms with Crippen molar-refractivity contribution in [3.05, 3.63) is 0 Å². The number of alkyl halides is 4. The highest BCUT2D eigenvalue weighted by Crippen LogP contribution is 2.19. The number of halogens is 4. The molecule has 0 aliphatic heterocycles. The van der Waals surface area contributed by atoms with Gasteiger partial charge in [0.05, 0.1) is 0 Å². The van der Waals surface area contributed by atoms with Crippen molar-refractivity contribution >= 4 is 9.76 Å². The minimum absolute atomic E-state index is 2.89. The summed E-state index contributed by atoms with van der Waals surface area (Å²) < 4.78 is 44.5. The molecule has 0 amide bonds. The molecule has 0 spiro atoms. The summed E-state index contributed by atoms with van der Waals surface area (Å²) in [6.45, 7) is 0. The van der Waals surface area contributed by atoms with E-state index in [1.54, 1.807) is 0 Å². The maximum Gasteiger partial charge on any atom is 0.308 e. The van der Waals surface area contributed by atoms with Gasteiger partial charge in [-0.05, 0) is 0 Å². The van der Waals surface area contributed by atoms with Crippen molar-refractivity contribution in [2.24, 2.45) is 0 Å². The molecule has 0 fully saturated rings. The van der Waals surface area contributed by atoms with E-state index in [1.165, 1.54) is 0 Å². The predicted molar refractivity (Wildman–Crippen MR) is 21.7 cm³/mol. The Bertz CT molecular complexity index is 74.4. The van der Waals surface area contributed by atoms with Crippen LogP contribution in [-0.2, 0) is 0 Å². The summed E-state index contributed by atoms with van der Waals surface area (Å²) in [6, 6.07) is 0. The second kappa shape index (κ2) is 2.45. The topological polar surface area (TPSA) is 20.2 Å². The van der Waals surface area contributed by atoms with Gasteiger partial charge in [0.1, 0.15) is 0 Å². The van der Waals surface area contributed by atoms with Crippen molar-refractivity contribution in [2.75, 3.05) is 0 Å². The van der Waals surface area contributed by atoms with Crippen molar-refractivity contribution in [1.82, 2.24) is 0 Å². The van der Waals surface area contributed by atoms with Crippen LogP contribution >= 0.6 is 0 Å². The Kier molecular flexibility index (Phi) is 2.42. The molecule has 0 aromatic carbocycles. The summed E-state index contributed by atoms with van der Waals surface area (Å²) in [5.74, 6) is 0. The lowest BCUT2D eigenvalue weighted by Gasteiger charge is -2.09. The number of hydrogen-bond donors (Lipinski definition) is 1. The Morgan fingerprint density at radius 1 is 1.38 bits per heavy atom. The van der Waals surface area contributed by atoms with E-state index in [4.69, 9.17) is 4.80 Å². The Morgan fingerprint density at radius 3 is 1.75 bits per heavy atom. The van der Waals surface area contributed by atoms with Gasteiger partial charge in [0.15, 0.2) is 0 Å². The fourth-order valence-electron chi connectivity index (χ4n) is 0.0690. The Balaban J connectivity index is 3.71. The fraction of sp³-hybridized carbons (Fsp3) is 1.00. The first-order chi connectivity index (χ1) is 3.50. The van der Waals surface area contributed by atoms with Gasteiger partial charge in [-0.3, -0.25) is 0 Å². The van der Waals surface area contributed by atoms with E-state index in [0.717, 1.165) is 0 Å². The molecular formula is C2H4F4OSi. The quantitative estimate of drug-likeness (QED) is 0.429. The molecule has 0 rings (SSSR count). The van der Waals surface area contributed by atoms with Crippen LogP contribution in [-0.4, -0.2) is 26.5 Å². The van der Waals surface area contributed by atoms with Crippen molar-refractivity contribution in [3.63, 3.8) is 0 Å². The summed E-state index contributed by atoms with van der Waals surface area (Å²) in [5, 5.41) is 0. The first kappa shape index (κ1) is 7.90. The summed E-state index contributed by atoms with van der Waals surface area (Å²) >= 11 is 0. The van der Waals surface area contributed by atoms with E-state index in [9.17, 15) is 17.6 Å². The van der Waals surface area contributed by atoms with Gasteiger partial charge < -0.3 is 4.80 Å². The SMILES string of the molecule is O[SiH2]C(F)(F)C(F)F. The average molecular weight is 148 g/mol. The predicted octanol–water partition coefficient (Wildman–Crippen LogP) is -0.0796. The van der Waals surface area contributed by atoms with E-state index in [1.807, 2.05) is 0 Å². The third kappa shape index (κ3) is 1.79. The van der Waals surface area contributed by atoms with Gasteiger partial charge in [0.2, 0.25) is 9.76 Å². The summed E-state index contributed by atoms with van der Waals surface area (Å²) in [7, 11) is -2.89. The van der Waals surface area contributed by atoms with Crippen molar-refractivity contribution in [2.45, 2.75) is 12.0 Å². The van der Waals surface area contributed by atoms with Crippen LogP contribution in [0.1, 0.15) is 0 Å². The summed E-state index contributed by atoms with van der Waals surface area (Å²) in [6.07, 6.45) is -3.71. The zero-order chi connectivity index (χ0) is 6.78. The third-order valence-electron chi connectivity index (χ3n) is 0.530. The second-order valence-electron chi connectivity index (χ2n) is 1.22. The molecule has 0 radical (unpaired) electrons. The van der Waals surface area contributed by atoms with Crippen LogP contribution in [0.3, 0.4) is 0 Å². The maximum absolute atomic E-state index is 11.3. The highest BCUT2D eigenvalue weighted by Gasteiger charge is 2.40. The van der Waals surface area contributed by atoms with Gasteiger partial charge in [-0.25, -0.2) is 17.6 Å². The molecule has 0 saturated carbocycles. The van der Waals surface area contributed by atoms with E-state index >= 15 is 0 Å². The second-order valence-corrected chi connectivity index (χ2v) is 2.48. The zero-order valence-electron chi connectivity index (χ0n) is 3.74. The molecule has 0 unspecified atom stereocenters. The van der Waals surface area contributed by atoms with E-state index < -0.39 is 21.7 Å². The van der Waals surface area contributed by atoms with Gasteiger partial charge in [-0.1, -0.05) is 0 Å². The molecule has 8 heavy (non-hydrogen) atoms. The van der Waals surface area contributed by atoms with Crippen LogP contribution in [0.4, 0.5) is 17.6 Å². The first-order valence-electron chi connectivity index (χ1n) is 1.77. The van der Waals surface area contributed by atoms with Gasteiger partial charge >= 0.3 is 5.55 Å². The minimum Gasteiger partial charge on any atom is -0.431 e. The zero-order valence-corrected chi connectivity index (χ0v) is 5.16. The number of hydrogen-bond acceptors (Lipinski definition) is 1. The lowest BCUT2D eigenvalue weighted by Crippen LogP contribution is -2.33. The molecule has 0 aliphatic rings. The average Bonchev–Trinajstić information content (AvgIpc) is 1.67. The third-order valence-corrected chi connectivity index (χ3v) is 1.26. The van der Waals surface area contributed by atoms with Crippen molar-refractivity contribution in [1.29, 1.82) is 0 Å². The van der Waals surface area contributed by atoms with Crippen LogP contribution in [0, 0.1) is 0 Å². The normalized spacial score (nSPS) is 14.2. The molecule has 1 N–H and O–H groups in total.